The molecule has 16 heavy (non-hydrogen) atoms. The van der Waals surface area contributed by atoms with Gasteiger partial charge in [0, 0.05) is 12.5 Å². The quantitative estimate of drug-likeness (QED) is 0.711. The van der Waals surface area contributed by atoms with Crippen molar-refractivity contribution in [2.45, 2.75) is 44.6 Å². The smallest absolute Gasteiger partial charge is 0.223 e. The lowest BCUT2D eigenvalue weighted by atomic mass is 9.93. The van der Waals surface area contributed by atoms with Crippen LogP contribution in [-0.2, 0) is 4.79 Å². The van der Waals surface area contributed by atoms with E-state index in [1.807, 2.05) is 6.92 Å². The van der Waals surface area contributed by atoms with Gasteiger partial charge in [-0.1, -0.05) is 12.2 Å². The van der Waals surface area contributed by atoms with Gasteiger partial charge in [-0.3, -0.25) is 4.79 Å². The Kier molecular flexibility index (Phi) is 3.33. The summed E-state index contributed by atoms with van der Waals surface area (Å²) in [5.74, 6) is 0.601. The first kappa shape index (κ1) is 11.6. The minimum Gasteiger partial charge on any atom is -0.388 e. The van der Waals surface area contributed by atoms with Crippen LogP contribution in [0, 0.1) is 11.8 Å². The Balaban J connectivity index is 1.76. The van der Waals surface area contributed by atoms with Crippen molar-refractivity contribution in [2.24, 2.45) is 11.8 Å². The second kappa shape index (κ2) is 4.58. The molecule has 1 amide bonds. The summed E-state index contributed by atoms with van der Waals surface area (Å²) in [6.45, 7) is 2.22. The van der Waals surface area contributed by atoms with Crippen molar-refractivity contribution < 1.29 is 9.90 Å². The zero-order chi connectivity index (χ0) is 11.6. The van der Waals surface area contributed by atoms with E-state index in [0.29, 0.717) is 12.5 Å². The van der Waals surface area contributed by atoms with E-state index in [2.05, 4.69) is 17.5 Å². The topological polar surface area (TPSA) is 49.3 Å². The first-order chi connectivity index (χ1) is 7.59. The van der Waals surface area contributed by atoms with Crippen LogP contribution in [0.25, 0.3) is 0 Å². The van der Waals surface area contributed by atoms with Gasteiger partial charge in [0.2, 0.25) is 5.91 Å². The van der Waals surface area contributed by atoms with Crippen molar-refractivity contribution in [3.8, 4) is 0 Å². The van der Waals surface area contributed by atoms with Crippen molar-refractivity contribution in [3.63, 3.8) is 0 Å². The summed E-state index contributed by atoms with van der Waals surface area (Å²) in [5.41, 5.74) is -0.708. The lowest BCUT2D eigenvalue weighted by Crippen LogP contribution is -2.44. The highest BCUT2D eigenvalue weighted by molar-refractivity contribution is 5.79. The average Bonchev–Trinajstić information content (AvgIpc) is 3.11. The molecule has 2 unspecified atom stereocenters. The maximum Gasteiger partial charge on any atom is 0.223 e. The number of amides is 1. The summed E-state index contributed by atoms with van der Waals surface area (Å²) in [5, 5.41) is 13.0. The molecule has 2 atom stereocenters. The molecule has 0 aliphatic heterocycles. The molecular weight excluding hydrogens is 202 g/mol. The molecule has 0 aromatic rings. The van der Waals surface area contributed by atoms with Crippen LogP contribution in [0.1, 0.15) is 39.0 Å². The van der Waals surface area contributed by atoms with Crippen LogP contribution in [-0.4, -0.2) is 23.2 Å². The second-order valence-electron chi connectivity index (χ2n) is 5.33. The van der Waals surface area contributed by atoms with E-state index in [-0.39, 0.29) is 11.8 Å². The van der Waals surface area contributed by atoms with Crippen LogP contribution in [0.5, 0.6) is 0 Å². The average molecular weight is 223 g/mol. The number of carbonyl (C=O) groups is 1. The molecule has 2 aliphatic carbocycles. The Bertz CT molecular complexity index is 292. The van der Waals surface area contributed by atoms with Gasteiger partial charge in [0.25, 0.3) is 0 Å². The summed E-state index contributed by atoms with van der Waals surface area (Å²) in [7, 11) is 0. The second-order valence-corrected chi connectivity index (χ2v) is 5.33. The first-order valence-electron chi connectivity index (χ1n) is 6.25. The van der Waals surface area contributed by atoms with Crippen LogP contribution >= 0.6 is 0 Å². The van der Waals surface area contributed by atoms with E-state index in [4.69, 9.17) is 0 Å². The minimum absolute atomic E-state index is 0.102. The van der Waals surface area contributed by atoms with Gasteiger partial charge in [0.1, 0.15) is 0 Å². The predicted octanol–water partition coefficient (Wildman–Crippen LogP) is 1.62. The molecule has 1 saturated carbocycles. The Morgan fingerprint density at radius 2 is 2.19 bits per heavy atom. The van der Waals surface area contributed by atoms with Gasteiger partial charge in [-0.25, -0.2) is 0 Å². The zero-order valence-electron chi connectivity index (χ0n) is 9.91. The number of carbonyl (C=O) groups excluding carboxylic acids is 1. The molecule has 0 radical (unpaired) electrons. The van der Waals surface area contributed by atoms with Gasteiger partial charge in [0.05, 0.1) is 5.60 Å². The molecule has 2 aliphatic rings. The molecule has 0 heterocycles. The maximum absolute atomic E-state index is 11.8. The molecular formula is C13H21NO2. The number of rotatable bonds is 4. The molecule has 3 heteroatoms. The van der Waals surface area contributed by atoms with Gasteiger partial charge < -0.3 is 10.4 Å². The summed E-state index contributed by atoms with van der Waals surface area (Å²) >= 11 is 0. The zero-order valence-corrected chi connectivity index (χ0v) is 9.91. The third kappa shape index (κ3) is 2.85. The Hall–Kier alpha value is -0.830. The standard InChI is InChI=1S/C13H21NO2/c1-13(16,11-7-8-11)9-14-12(15)10-5-3-2-4-6-10/h2-3,10-11,16H,4-9H2,1H3,(H,14,15). The highest BCUT2D eigenvalue weighted by atomic mass is 16.3. The van der Waals surface area contributed by atoms with E-state index >= 15 is 0 Å². The maximum atomic E-state index is 11.8. The fourth-order valence-electron chi connectivity index (χ4n) is 2.29. The van der Waals surface area contributed by atoms with Crippen molar-refractivity contribution in [2.75, 3.05) is 6.54 Å². The summed E-state index contributed by atoms with van der Waals surface area (Å²) in [6, 6.07) is 0. The number of hydrogen-bond acceptors (Lipinski definition) is 2. The van der Waals surface area contributed by atoms with Gasteiger partial charge >= 0.3 is 0 Å². The Labute approximate surface area is 96.9 Å². The van der Waals surface area contributed by atoms with Crippen molar-refractivity contribution in [3.05, 3.63) is 12.2 Å². The number of aliphatic hydroxyl groups is 1. The molecule has 0 aromatic heterocycles. The van der Waals surface area contributed by atoms with Gasteiger partial charge in [-0.15, -0.1) is 0 Å². The van der Waals surface area contributed by atoms with Crippen LogP contribution in [0.2, 0.25) is 0 Å². The van der Waals surface area contributed by atoms with Crippen LogP contribution < -0.4 is 5.32 Å². The Morgan fingerprint density at radius 1 is 1.44 bits per heavy atom. The number of allylic oxidation sites excluding steroid dienone is 2. The molecule has 3 nitrogen and oxygen atoms in total. The van der Waals surface area contributed by atoms with Crippen LogP contribution in [0.15, 0.2) is 12.2 Å². The lowest BCUT2D eigenvalue weighted by molar-refractivity contribution is -0.126. The van der Waals surface area contributed by atoms with Crippen molar-refractivity contribution >= 4 is 5.91 Å². The van der Waals surface area contributed by atoms with Crippen LogP contribution in [0.3, 0.4) is 0 Å². The minimum atomic E-state index is -0.708. The van der Waals surface area contributed by atoms with E-state index in [9.17, 15) is 9.90 Å². The van der Waals surface area contributed by atoms with Gasteiger partial charge in [0.15, 0.2) is 0 Å². The molecule has 0 spiro atoms. The Morgan fingerprint density at radius 3 is 2.75 bits per heavy atom. The summed E-state index contributed by atoms with van der Waals surface area (Å²) in [6.07, 6.45) is 9.17. The monoisotopic (exact) mass is 223 g/mol. The van der Waals surface area contributed by atoms with Gasteiger partial charge in [-0.2, -0.15) is 0 Å². The van der Waals surface area contributed by atoms with E-state index < -0.39 is 5.60 Å². The normalized spacial score (nSPS) is 28.5. The summed E-state index contributed by atoms with van der Waals surface area (Å²) in [4.78, 5) is 11.8. The molecule has 0 bridgehead atoms. The van der Waals surface area contributed by atoms with E-state index in [1.54, 1.807) is 0 Å². The molecule has 1 fully saturated rings. The SMILES string of the molecule is CC(O)(CNC(=O)C1CC=CCC1)C1CC1. The lowest BCUT2D eigenvalue weighted by Gasteiger charge is -2.25. The largest absolute Gasteiger partial charge is 0.388 e. The van der Waals surface area contributed by atoms with Crippen LogP contribution in [0.4, 0.5) is 0 Å². The molecule has 0 saturated heterocycles. The number of hydrogen-bond donors (Lipinski definition) is 2. The molecule has 2 N–H and O–H groups in total. The van der Waals surface area contributed by atoms with Crippen molar-refractivity contribution in [1.82, 2.24) is 5.32 Å². The fourth-order valence-corrected chi connectivity index (χ4v) is 2.29. The molecule has 2 rings (SSSR count). The van der Waals surface area contributed by atoms with Crippen molar-refractivity contribution in [1.29, 1.82) is 0 Å². The van der Waals surface area contributed by atoms with E-state index in [0.717, 1.165) is 32.1 Å². The van der Waals surface area contributed by atoms with E-state index in [1.165, 1.54) is 0 Å². The molecule has 90 valence electrons. The highest BCUT2D eigenvalue weighted by Gasteiger charge is 2.40. The third-order valence-corrected chi connectivity index (χ3v) is 3.72. The highest BCUT2D eigenvalue weighted by Crippen LogP contribution is 2.39. The molecule has 0 aromatic carbocycles. The fraction of sp³-hybridized carbons (Fsp3) is 0.769. The predicted molar refractivity (Wildman–Crippen MR) is 62.8 cm³/mol. The first-order valence-corrected chi connectivity index (χ1v) is 6.25. The third-order valence-electron chi connectivity index (χ3n) is 3.72. The summed E-state index contributed by atoms with van der Waals surface area (Å²) < 4.78 is 0. The number of nitrogens with one attached hydrogen (secondary N) is 1. The van der Waals surface area contributed by atoms with Gasteiger partial charge in [-0.05, 0) is 44.9 Å².